The number of para-hydroxylation sites is 1. The number of aryl methyl sites for hydroxylation is 1. The second-order valence-corrected chi connectivity index (χ2v) is 4.96. The molecule has 0 saturated heterocycles. The second-order valence-electron chi connectivity index (χ2n) is 4.96. The van der Waals surface area contributed by atoms with Gasteiger partial charge in [0.25, 0.3) is 0 Å². The van der Waals surface area contributed by atoms with Gasteiger partial charge in [-0.1, -0.05) is 30.3 Å². The number of aromatic nitrogens is 4. The van der Waals surface area contributed by atoms with Crippen molar-refractivity contribution in [3.8, 4) is 22.9 Å². The summed E-state index contributed by atoms with van der Waals surface area (Å²) in [5, 5.41) is 12.5. The molecule has 0 aliphatic carbocycles. The van der Waals surface area contributed by atoms with Crippen LogP contribution in [0, 0.1) is 0 Å². The third-order valence-corrected chi connectivity index (χ3v) is 3.30. The molecule has 0 radical (unpaired) electrons. The molecule has 0 fully saturated rings. The van der Waals surface area contributed by atoms with Gasteiger partial charge >= 0.3 is 0 Å². The summed E-state index contributed by atoms with van der Waals surface area (Å²) in [6.07, 6.45) is 0.808. The van der Waals surface area contributed by atoms with Crippen LogP contribution in [0.2, 0.25) is 0 Å². The summed E-state index contributed by atoms with van der Waals surface area (Å²) in [4.78, 5) is 1.59. The Morgan fingerprint density at radius 2 is 1.83 bits per heavy atom. The van der Waals surface area contributed by atoms with E-state index in [0.29, 0.717) is 19.0 Å². The van der Waals surface area contributed by atoms with Crippen molar-refractivity contribution in [2.45, 2.75) is 13.0 Å². The zero-order valence-corrected chi connectivity index (χ0v) is 12.9. The zero-order chi connectivity index (χ0) is 15.9. The van der Waals surface area contributed by atoms with E-state index in [2.05, 4.69) is 15.4 Å². The molecule has 0 atom stereocenters. The number of tetrazole rings is 1. The fourth-order valence-corrected chi connectivity index (χ4v) is 2.13. The summed E-state index contributed by atoms with van der Waals surface area (Å²) in [7, 11) is 1.64. The molecule has 0 spiro atoms. The van der Waals surface area contributed by atoms with E-state index in [-0.39, 0.29) is 0 Å². The van der Waals surface area contributed by atoms with E-state index in [9.17, 15) is 0 Å². The first-order valence-electron chi connectivity index (χ1n) is 7.45. The molecule has 0 bridgehead atoms. The van der Waals surface area contributed by atoms with E-state index in [1.165, 1.54) is 0 Å². The summed E-state index contributed by atoms with van der Waals surface area (Å²) >= 11 is 0. The van der Waals surface area contributed by atoms with Crippen LogP contribution in [0.4, 0.5) is 0 Å². The van der Waals surface area contributed by atoms with E-state index < -0.39 is 0 Å². The van der Waals surface area contributed by atoms with Gasteiger partial charge < -0.3 is 9.47 Å². The molecular formula is C17H18N4O2. The molecule has 6 heteroatoms. The van der Waals surface area contributed by atoms with Crippen molar-refractivity contribution >= 4 is 0 Å². The van der Waals surface area contributed by atoms with Gasteiger partial charge in [0, 0.05) is 12.0 Å². The molecular weight excluding hydrogens is 292 g/mol. The molecule has 118 valence electrons. The van der Waals surface area contributed by atoms with Crippen LogP contribution in [0.25, 0.3) is 11.4 Å². The average molecular weight is 310 g/mol. The molecule has 23 heavy (non-hydrogen) atoms. The van der Waals surface area contributed by atoms with Gasteiger partial charge in [0.05, 0.1) is 20.3 Å². The van der Waals surface area contributed by atoms with Crippen LogP contribution in [0.5, 0.6) is 11.5 Å². The number of ether oxygens (including phenoxy) is 2. The van der Waals surface area contributed by atoms with Crippen LogP contribution >= 0.6 is 0 Å². The second kappa shape index (κ2) is 7.40. The minimum absolute atomic E-state index is 0.591. The minimum Gasteiger partial charge on any atom is -0.497 e. The minimum atomic E-state index is 0.591. The van der Waals surface area contributed by atoms with Crippen LogP contribution in [0.3, 0.4) is 0 Å². The Morgan fingerprint density at radius 3 is 2.65 bits per heavy atom. The topological polar surface area (TPSA) is 62.1 Å². The first-order chi connectivity index (χ1) is 11.3. The van der Waals surface area contributed by atoms with Gasteiger partial charge in [-0.15, -0.1) is 10.2 Å². The monoisotopic (exact) mass is 310 g/mol. The third kappa shape index (κ3) is 4.06. The van der Waals surface area contributed by atoms with Crippen LogP contribution in [-0.4, -0.2) is 33.9 Å². The Morgan fingerprint density at radius 1 is 1.00 bits per heavy atom. The normalized spacial score (nSPS) is 10.5. The van der Waals surface area contributed by atoms with E-state index >= 15 is 0 Å². The lowest BCUT2D eigenvalue weighted by atomic mass is 10.2. The number of nitrogens with zero attached hydrogens (tertiary/aromatic N) is 4. The highest BCUT2D eigenvalue weighted by atomic mass is 16.5. The van der Waals surface area contributed by atoms with Crippen molar-refractivity contribution in [1.29, 1.82) is 0 Å². The van der Waals surface area contributed by atoms with Gasteiger partial charge in [0.1, 0.15) is 11.5 Å². The number of hydrogen-bond donors (Lipinski definition) is 0. The Balaban J connectivity index is 1.53. The summed E-state index contributed by atoms with van der Waals surface area (Å²) in [5.74, 6) is 2.24. The lowest BCUT2D eigenvalue weighted by Gasteiger charge is -2.04. The smallest absolute Gasteiger partial charge is 0.205 e. The molecule has 3 rings (SSSR count). The Kier molecular flexibility index (Phi) is 4.83. The molecule has 2 aromatic carbocycles. The van der Waals surface area contributed by atoms with Crippen molar-refractivity contribution in [2.75, 3.05) is 13.7 Å². The van der Waals surface area contributed by atoms with Crippen LogP contribution in [0.15, 0.2) is 54.6 Å². The number of rotatable bonds is 7. The van der Waals surface area contributed by atoms with Crippen LogP contribution < -0.4 is 9.47 Å². The molecule has 0 aliphatic rings. The Hall–Kier alpha value is -2.89. The molecule has 0 amide bonds. The molecule has 0 unspecified atom stereocenters. The van der Waals surface area contributed by atoms with Gasteiger partial charge in [-0.25, -0.2) is 0 Å². The van der Waals surface area contributed by atoms with Crippen molar-refractivity contribution in [2.24, 2.45) is 0 Å². The summed E-state index contributed by atoms with van der Waals surface area (Å²) in [5.41, 5.74) is 0.885. The SMILES string of the molecule is COc1cccc(-c2nnn(CCCOc3ccccc3)n2)c1. The maximum absolute atomic E-state index is 5.64. The predicted octanol–water partition coefficient (Wildman–Crippen LogP) is 2.82. The Bertz CT molecular complexity index is 743. The molecule has 1 aromatic heterocycles. The lowest BCUT2D eigenvalue weighted by molar-refractivity contribution is 0.293. The van der Waals surface area contributed by atoms with Gasteiger partial charge in [0.2, 0.25) is 5.82 Å². The van der Waals surface area contributed by atoms with E-state index in [1.807, 2.05) is 54.6 Å². The molecule has 1 heterocycles. The number of hydrogen-bond acceptors (Lipinski definition) is 5. The zero-order valence-electron chi connectivity index (χ0n) is 12.9. The fraction of sp³-hybridized carbons (Fsp3) is 0.235. The largest absolute Gasteiger partial charge is 0.497 e. The van der Waals surface area contributed by atoms with Gasteiger partial charge in [-0.3, -0.25) is 0 Å². The maximum atomic E-state index is 5.64. The predicted molar refractivity (Wildman–Crippen MR) is 86.4 cm³/mol. The number of benzene rings is 2. The quantitative estimate of drug-likeness (QED) is 0.628. The van der Waals surface area contributed by atoms with Crippen molar-refractivity contribution in [3.05, 3.63) is 54.6 Å². The van der Waals surface area contributed by atoms with Crippen molar-refractivity contribution < 1.29 is 9.47 Å². The highest BCUT2D eigenvalue weighted by Crippen LogP contribution is 2.19. The van der Waals surface area contributed by atoms with Gasteiger partial charge in [-0.05, 0) is 29.5 Å². The number of methoxy groups -OCH3 is 1. The standard InChI is InChI=1S/C17H18N4O2/c1-22-16-10-5-7-14(13-16)17-18-20-21(19-17)11-6-12-23-15-8-3-2-4-9-15/h2-5,7-10,13H,6,11-12H2,1H3. The molecule has 6 nitrogen and oxygen atoms in total. The third-order valence-electron chi connectivity index (χ3n) is 3.30. The molecule has 0 saturated carbocycles. The van der Waals surface area contributed by atoms with E-state index in [0.717, 1.165) is 23.5 Å². The molecule has 3 aromatic rings. The van der Waals surface area contributed by atoms with E-state index in [1.54, 1.807) is 11.9 Å². The Labute approximate surface area is 134 Å². The maximum Gasteiger partial charge on any atom is 0.205 e. The fourth-order valence-electron chi connectivity index (χ4n) is 2.13. The molecule has 0 N–H and O–H groups in total. The summed E-state index contributed by atoms with van der Waals surface area (Å²) in [6.45, 7) is 1.27. The highest BCUT2D eigenvalue weighted by molar-refractivity contribution is 5.56. The van der Waals surface area contributed by atoms with E-state index in [4.69, 9.17) is 9.47 Å². The summed E-state index contributed by atoms with van der Waals surface area (Å²) in [6, 6.07) is 17.4. The lowest BCUT2D eigenvalue weighted by Crippen LogP contribution is -2.07. The van der Waals surface area contributed by atoms with Crippen LogP contribution in [0.1, 0.15) is 6.42 Å². The highest BCUT2D eigenvalue weighted by Gasteiger charge is 2.06. The van der Waals surface area contributed by atoms with Gasteiger partial charge in [-0.2, -0.15) is 4.80 Å². The summed E-state index contributed by atoms with van der Waals surface area (Å²) < 4.78 is 10.8. The van der Waals surface area contributed by atoms with Crippen molar-refractivity contribution in [3.63, 3.8) is 0 Å². The molecule has 0 aliphatic heterocycles. The first kappa shape index (κ1) is 15.0. The van der Waals surface area contributed by atoms with Gasteiger partial charge in [0.15, 0.2) is 0 Å². The first-order valence-corrected chi connectivity index (χ1v) is 7.45. The van der Waals surface area contributed by atoms with Crippen molar-refractivity contribution in [1.82, 2.24) is 20.2 Å². The van der Waals surface area contributed by atoms with Crippen LogP contribution in [-0.2, 0) is 6.54 Å². The average Bonchev–Trinajstić information content (AvgIpc) is 3.09.